The Hall–Kier alpha value is -2.19. The van der Waals surface area contributed by atoms with Crippen LogP contribution in [0.25, 0.3) is 0 Å². The fourth-order valence-electron chi connectivity index (χ4n) is 8.78. The number of likely N-dealkylation sites (tertiary alicyclic amines) is 1. The lowest BCUT2D eigenvalue weighted by molar-refractivity contribution is -0.164. The van der Waals surface area contributed by atoms with Crippen LogP contribution in [0, 0.1) is 35.5 Å². The van der Waals surface area contributed by atoms with E-state index in [0.717, 1.165) is 29.7 Å². The van der Waals surface area contributed by atoms with Crippen LogP contribution < -0.4 is 0 Å². The predicted molar refractivity (Wildman–Crippen MR) is 225 cm³/mol. The molecule has 0 unspecified atom stereocenters. The van der Waals surface area contributed by atoms with E-state index in [1.54, 1.807) is 14.0 Å². The zero-order valence-corrected chi connectivity index (χ0v) is 37.9. The fraction of sp³-hybridized carbons (Fsp3) is 0.822. The second-order valence-corrected chi connectivity index (χ2v) is 18.3. The van der Waals surface area contributed by atoms with E-state index >= 15 is 0 Å². The number of carbonyl (C=O) groups excluding carboxylic acids is 3. The quantitative estimate of drug-likeness (QED) is 0.0471. The normalized spacial score (nSPS) is 26.6. The number of amides is 1. The van der Waals surface area contributed by atoms with Crippen LogP contribution >= 0.6 is 11.6 Å². The molecule has 12 nitrogen and oxygen atoms in total. The van der Waals surface area contributed by atoms with Crippen LogP contribution in [0.15, 0.2) is 23.3 Å². The zero-order valence-electron chi connectivity index (χ0n) is 37.1. The molecule has 0 aromatic carbocycles. The molecule has 13 heteroatoms. The van der Waals surface area contributed by atoms with Crippen molar-refractivity contribution >= 4 is 35.0 Å². The predicted octanol–water partition coefficient (Wildman–Crippen LogP) is 6.54. The molecule has 1 amide bonds. The largest absolute Gasteiger partial charge is 0.480 e. The summed E-state index contributed by atoms with van der Waals surface area (Å²) in [7, 11) is 4.61. The highest BCUT2D eigenvalue weighted by Gasteiger charge is 2.46. The van der Waals surface area contributed by atoms with Gasteiger partial charge in [-0.05, 0) is 115 Å². The lowest BCUT2D eigenvalue weighted by Gasteiger charge is -2.37. The lowest BCUT2D eigenvalue weighted by Crippen LogP contribution is -2.57. The van der Waals surface area contributed by atoms with Gasteiger partial charge in [-0.1, -0.05) is 57.9 Å². The number of hydrogen-bond donors (Lipinski definition) is 4. The molecule has 2 aliphatic rings. The number of Topliss-reactive ketones (excluding diaryl/α,β-unsaturated/α-hetero) is 2. The van der Waals surface area contributed by atoms with Crippen molar-refractivity contribution in [2.45, 2.75) is 174 Å². The van der Waals surface area contributed by atoms with Gasteiger partial charge >= 0.3 is 5.97 Å². The van der Waals surface area contributed by atoms with Gasteiger partial charge in [0.05, 0.1) is 29.8 Å². The summed E-state index contributed by atoms with van der Waals surface area (Å²) >= 11 is 6.43. The topological polar surface area (TPSA) is 180 Å². The fourth-order valence-corrected chi connectivity index (χ4v) is 9.11. The third kappa shape index (κ3) is 14.5. The number of carboxylic acids is 1. The molecule has 0 spiro atoms. The molecule has 1 aliphatic heterocycles. The first-order valence-electron chi connectivity index (χ1n) is 21.4. The average molecular weight is 843 g/mol. The highest BCUT2D eigenvalue weighted by molar-refractivity contribution is 6.39. The highest BCUT2D eigenvalue weighted by Crippen LogP contribution is 2.35. The summed E-state index contributed by atoms with van der Waals surface area (Å²) in [4.78, 5) is 52.7. The van der Waals surface area contributed by atoms with Crippen molar-refractivity contribution in [2.24, 2.45) is 35.5 Å². The summed E-state index contributed by atoms with van der Waals surface area (Å²) in [5.41, 5.74) is 0.0798. The van der Waals surface area contributed by atoms with Crippen molar-refractivity contribution in [3.8, 4) is 0 Å². The van der Waals surface area contributed by atoms with E-state index in [2.05, 4.69) is 19.9 Å². The minimum atomic E-state index is -2.14. The number of rotatable bonds is 24. The number of methoxy groups -OCH3 is 3. The number of aliphatic hydroxyl groups is 3. The molecule has 0 aromatic rings. The number of aliphatic hydroxyl groups excluding tert-OH is 2. The van der Waals surface area contributed by atoms with Crippen molar-refractivity contribution in [3.05, 3.63) is 23.3 Å². The minimum absolute atomic E-state index is 0.00185. The Kier molecular flexibility index (Phi) is 21.8. The summed E-state index contributed by atoms with van der Waals surface area (Å²) < 4.78 is 16.9. The molecule has 1 saturated carbocycles. The summed E-state index contributed by atoms with van der Waals surface area (Å²) in [6.45, 7) is 15.1. The van der Waals surface area contributed by atoms with Gasteiger partial charge in [-0.3, -0.25) is 14.4 Å². The van der Waals surface area contributed by atoms with E-state index in [0.29, 0.717) is 38.0 Å². The summed E-state index contributed by atoms with van der Waals surface area (Å²) in [6.07, 6.45) is 6.89. The van der Waals surface area contributed by atoms with Gasteiger partial charge in [0.15, 0.2) is 0 Å². The number of allylic oxidation sites excluding steroid dienone is 4. The first-order valence-corrected chi connectivity index (χ1v) is 21.9. The van der Waals surface area contributed by atoms with Gasteiger partial charge in [-0.15, -0.1) is 11.6 Å². The molecule has 0 bridgehead atoms. The average Bonchev–Trinajstić information content (AvgIpc) is 3.19. The molecule has 14 atom stereocenters. The van der Waals surface area contributed by atoms with E-state index in [4.69, 9.17) is 25.8 Å². The van der Waals surface area contributed by atoms with E-state index in [9.17, 15) is 39.6 Å². The van der Waals surface area contributed by atoms with E-state index in [1.165, 1.54) is 26.7 Å². The molecule has 1 saturated heterocycles. The second-order valence-electron chi connectivity index (χ2n) is 17.7. The number of ether oxygens (including phenoxy) is 3. The number of carboxylic acid groups (broad SMARTS) is 1. The molecule has 1 aliphatic carbocycles. The van der Waals surface area contributed by atoms with Gasteiger partial charge in [0.1, 0.15) is 23.5 Å². The maximum absolute atomic E-state index is 13.5. The Bertz CT molecular complexity index is 1400. The Labute approximate surface area is 353 Å². The Balaban J connectivity index is 2.00. The van der Waals surface area contributed by atoms with Crippen LogP contribution in [0.4, 0.5) is 0 Å². The van der Waals surface area contributed by atoms with Crippen molar-refractivity contribution in [3.63, 3.8) is 0 Å². The SMILES string of the molecule is CC[C@H](/C=C(\C)C[C@H](C)C[C@H](OC)[C@@H](O)[C@H](C[C@@H](C)[C@](C)(O)C(=O)C(=O)N1CCCC[C@H]1C(=O)O)OC)C(=O)C[C@H](O)[C@@H](C)[C@H](C)/C(C)=C/[C@@H]1CC[C@H](Cl)[C@H](OC)C1. The molecule has 2 rings (SSSR count). The first kappa shape index (κ1) is 51.9. The summed E-state index contributed by atoms with van der Waals surface area (Å²) in [6, 6.07) is -1.12. The van der Waals surface area contributed by atoms with Gasteiger partial charge in [-0.25, -0.2) is 4.79 Å². The lowest BCUT2D eigenvalue weighted by atomic mass is 9.79. The van der Waals surface area contributed by atoms with Gasteiger partial charge in [0, 0.05) is 40.2 Å². The molecule has 1 heterocycles. The van der Waals surface area contributed by atoms with E-state index < -0.39 is 59.6 Å². The Morgan fingerprint density at radius 1 is 0.931 bits per heavy atom. The molecule has 58 heavy (non-hydrogen) atoms. The Morgan fingerprint density at radius 3 is 2.12 bits per heavy atom. The molecular weight excluding hydrogens is 766 g/mol. The van der Waals surface area contributed by atoms with Gasteiger partial charge < -0.3 is 39.5 Å². The molecule has 4 N–H and O–H groups in total. The third-order valence-corrected chi connectivity index (χ3v) is 13.8. The second kappa shape index (κ2) is 24.3. The van der Waals surface area contributed by atoms with Crippen LogP contribution in [0.1, 0.15) is 126 Å². The number of nitrogens with zero attached hydrogens (tertiary/aromatic N) is 1. The van der Waals surface area contributed by atoms with Crippen molar-refractivity contribution in [2.75, 3.05) is 27.9 Å². The number of carbonyl (C=O) groups is 4. The Morgan fingerprint density at radius 2 is 1.55 bits per heavy atom. The van der Waals surface area contributed by atoms with Gasteiger partial charge in [-0.2, -0.15) is 0 Å². The number of alkyl halides is 1. The molecule has 334 valence electrons. The third-order valence-electron chi connectivity index (χ3n) is 13.3. The van der Waals surface area contributed by atoms with Crippen molar-refractivity contribution in [1.82, 2.24) is 4.90 Å². The maximum atomic E-state index is 13.5. The van der Waals surface area contributed by atoms with Gasteiger partial charge in [0.25, 0.3) is 11.7 Å². The van der Waals surface area contributed by atoms with Crippen molar-refractivity contribution in [1.29, 1.82) is 0 Å². The smallest absolute Gasteiger partial charge is 0.326 e. The van der Waals surface area contributed by atoms with Crippen LogP contribution in [-0.2, 0) is 33.4 Å². The van der Waals surface area contributed by atoms with Crippen LogP contribution in [0.2, 0.25) is 0 Å². The number of ketones is 2. The highest BCUT2D eigenvalue weighted by atomic mass is 35.5. The van der Waals surface area contributed by atoms with Crippen LogP contribution in [0.3, 0.4) is 0 Å². The molecule has 0 radical (unpaired) electrons. The van der Waals surface area contributed by atoms with Crippen LogP contribution in [-0.4, -0.2) is 124 Å². The van der Waals surface area contributed by atoms with Crippen molar-refractivity contribution < 1.29 is 53.8 Å². The number of aliphatic carboxylic acids is 1. The summed E-state index contributed by atoms with van der Waals surface area (Å²) in [5, 5.41) is 43.6. The monoisotopic (exact) mass is 842 g/mol. The number of piperidine rings is 1. The zero-order chi connectivity index (χ0) is 44.1. The molecule has 2 fully saturated rings. The standard InChI is InChI=1S/C45H76ClNO11/c1-12-33(37(49)25-36(48)31(7)30(6)28(4)22-32-16-17-34(46)38(24-32)56-9)20-26(2)19-27(3)21-39(57-10)41(50)40(58-11)23-29(5)45(8,55)42(51)43(52)47-18-14-13-15-35(47)44(53)54/h20,22,27,29-36,38-41,48,50,55H,12-19,21,23-25H2,1-11H3,(H,53,54)/b26-20+,28-22+/t27-,29+,30+,31-,32-,33+,34-,35-,36-,38+,39-,40-,41+,45-/m0/s1. The van der Waals surface area contributed by atoms with E-state index in [1.807, 2.05) is 33.8 Å². The minimum Gasteiger partial charge on any atom is -0.480 e. The summed E-state index contributed by atoms with van der Waals surface area (Å²) in [5.74, 6) is -4.09. The van der Waals surface area contributed by atoms with Crippen LogP contribution in [0.5, 0.6) is 0 Å². The first-order chi connectivity index (χ1) is 27.1. The molecule has 0 aromatic heterocycles. The maximum Gasteiger partial charge on any atom is 0.326 e. The number of halogens is 1. The van der Waals surface area contributed by atoms with Gasteiger partial charge in [0.2, 0.25) is 0 Å². The van der Waals surface area contributed by atoms with E-state index in [-0.39, 0.29) is 66.7 Å². The molecular formula is C45H76ClNO11. The number of hydrogen-bond acceptors (Lipinski definition) is 10.